The van der Waals surface area contributed by atoms with Gasteiger partial charge in [-0.1, -0.05) is 54.6 Å². The Morgan fingerprint density at radius 1 is 1.06 bits per heavy atom. The normalized spacial score (nSPS) is 16.5. The molecule has 1 atom stereocenters. The molecule has 2 heterocycles. The molecule has 36 heavy (non-hydrogen) atoms. The van der Waals surface area contributed by atoms with Crippen LogP contribution in [0.2, 0.25) is 0 Å². The van der Waals surface area contributed by atoms with Gasteiger partial charge >= 0.3 is 0 Å². The highest BCUT2D eigenvalue weighted by atomic mass is 32.1. The zero-order valence-electron chi connectivity index (χ0n) is 20.9. The molecule has 1 fully saturated rings. The summed E-state index contributed by atoms with van der Waals surface area (Å²) in [5.74, 6) is 0.974. The summed E-state index contributed by atoms with van der Waals surface area (Å²) in [6, 6.07) is 26.7. The van der Waals surface area contributed by atoms with Crippen LogP contribution in [-0.4, -0.2) is 42.0 Å². The Kier molecular flexibility index (Phi) is 7.35. The second-order valence-electron chi connectivity index (χ2n) is 9.83. The van der Waals surface area contributed by atoms with Gasteiger partial charge in [0.2, 0.25) is 5.91 Å². The molecule has 6 heteroatoms. The Hall–Kier alpha value is -3.22. The van der Waals surface area contributed by atoms with Gasteiger partial charge in [0.15, 0.2) is 0 Å². The van der Waals surface area contributed by atoms with Gasteiger partial charge in [-0.3, -0.25) is 9.69 Å². The molecular formula is C30H33N3O2S. The number of fused-ring (bicyclic) bond motifs is 1. The number of benzene rings is 3. The second-order valence-corrected chi connectivity index (χ2v) is 10.9. The summed E-state index contributed by atoms with van der Waals surface area (Å²) < 4.78 is 6.52. The molecule has 1 unspecified atom stereocenters. The number of carbonyl (C=O) groups excluding carboxylic acids is 1. The quantitative estimate of drug-likeness (QED) is 0.344. The first kappa shape index (κ1) is 24.5. The highest BCUT2D eigenvalue weighted by molar-refractivity contribution is 7.18. The van der Waals surface area contributed by atoms with Crippen molar-refractivity contribution in [2.75, 3.05) is 20.2 Å². The van der Waals surface area contributed by atoms with Gasteiger partial charge < -0.3 is 10.1 Å². The Bertz CT molecular complexity index is 1280. The molecule has 186 valence electrons. The van der Waals surface area contributed by atoms with E-state index in [2.05, 4.69) is 47.5 Å². The maximum atomic E-state index is 13.8. The van der Waals surface area contributed by atoms with Crippen LogP contribution in [0.3, 0.4) is 0 Å². The van der Waals surface area contributed by atoms with Crippen molar-refractivity contribution in [2.24, 2.45) is 0 Å². The van der Waals surface area contributed by atoms with E-state index in [-0.39, 0.29) is 11.9 Å². The average Bonchev–Trinajstić information content (AvgIpc) is 3.32. The third-order valence-electron chi connectivity index (χ3n) is 7.22. The van der Waals surface area contributed by atoms with Crippen molar-refractivity contribution in [3.05, 3.63) is 95.0 Å². The van der Waals surface area contributed by atoms with Gasteiger partial charge in [0.25, 0.3) is 0 Å². The number of nitrogens with zero attached hydrogens (tertiary/aromatic N) is 2. The summed E-state index contributed by atoms with van der Waals surface area (Å²) in [4.78, 5) is 21.1. The average molecular weight is 500 g/mol. The molecule has 1 saturated heterocycles. The Labute approximate surface area is 217 Å². The lowest BCUT2D eigenvalue weighted by atomic mass is 9.78. The number of likely N-dealkylation sites (tertiary alicyclic amines) is 1. The maximum absolute atomic E-state index is 13.8. The van der Waals surface area contributed by atoms with Crippen LogP contribution in [0.5, 0.6) is 5.75 Å². The predicted octanol–water partition coefficient (Wildman–Crippen LogP) is 5.59. The molecule has 5 rings (SSSR count). The molecule has 1 aromatic heterocycles. The van der Waals surface area contributed by atoms with E-state index >= 15 is 0 Å². The molecule has 3 aromatic carbocycles. The highest BCUT2D eigenvalue weighted by Crippen LogP contribution is 2.33. The topological polar surface area (TPSA) is 54.5 Å². The summed E-state index contributed by atoms with van der Waals surface area (Å²) in [7, 11) is 1.70. The fraction of sp³-hybridized carbons (Fsp3) is 0.333. The second kappa shape index (κ2) is 10.8. The first-order valence-corrected chi connectivity index (χ1v) is 13.4. The minimum atomic E-state index is -0.688. The van der Waals surface area contributed by atoms with Gasteiger partial charge in [-0.25, -0.2) is 4.98 Å². The zero-order valence-corrected chi connectivity index (χ0v) is 21.8. The molecule has 1 aliphatic rings. The van der Waals surface area contributed by atoms with Gasteiger partial charge in [0.1, 0.15) is 5.75 Å². The molecule has 0 saturated carbocycles. The van der Waals surface area contributed by atoms with E-state index in [1.165, 1.54) is 5.56 Å². The van der Waals surface area contributed by atoms with Crippen LogP contribution >= 0.6 is 11.3 Å². The van der Waals surface area contributed by atoms with Crippen LogP contribution in [0, 0.1) is 0 Å². The van der Waals surface area contributed by atoms with Crippen molar-refractivity contribution >= 4 is 27.5 Å². The Morgan fingerprint density at radius 3 is 2.56 bits per heavy atom. The maximum Gasteiger partial charge on any atom is 0.231 e. The van der Waals surface area contributed by atoms with Gasteiger partial charge in [0.05, 0.1) is 27.7 Å². The van der Waals surface area contributed by atoms with Crippen molar-refractivity contribution in [3.8, 4) is 5.75 Å². The molecule has 0 spiro atoms. The van der Waals surface area contributed by atoms with Crippen molar-refractivity contribution in [1.82, 2.24) is 15.2 Å². The number of piperidine rings is 1. The number of hydrogen-bond donors (Lipinski definition) is 1. The number of thiazole rings is 1. The number of amides is 1. The number of nitrogens with one attached hydrogen (secondary N) is 1. The fourth-order valence-electron chi connectivity index (χ4n) is 5.03. The van der Waals surface area contributed by atoms with E-state index in [1.54, 1.807) is 18.4 Å². The van der Waals surface area contributed by atoms with Crippen LogP contribution < -0.4 is 10.1 Å². The van der Waals surface area contributed by atoms with Crippen molar-refractivity contribution in [3.63, 3.8) is 0 Å². The monoisotopic (exact) mass is 499 g/mol. The van der Waals surface area contributed by atoms with E-state index in [4.69, 9.17) is 9.72 Å². The van der Waals surface area contributed by atoms with Gasteiger partial charge in [-0.15, -0.1) is 11.3 Å². The Balaban J connectivity index is 1.26. The van der Waals surface area contributed by atoms with Gasteiger partial charge in [-0.05, 0) is 55.2 Å². The van der Waals surface area contributed by atoms with E-state index in [0.29, 0.717) is 6.42 Å². The van der Waals surface area contributed by atoms with Crippen LogP contribution in [0.1, 0.15) is 35.9 Å². The number of methoxy groups -OCH3 is 1. The summed E-state index contributed by atoms with van der Waals surface area (Å²) >= 11 is 1.68. The summed E-state index contributed by atoms with van der Waals surface area (Å²) in [5.41, 5.74) is 2.59. The SMILES string of the molecule is COc1cccc(CN2CCC(NC(=O)C(C)(Cc3nc4ccccc4s3)c3ccccc3)CC2)c1. The lowest BCUT2D eigenvalue weighted by molar-refractivity contribution is -0.127. The number of hydrogen-bond acceptors (Lipinski definition) is 5. The molecule has 1 N–H and O–H groups in total. The van der Waals surface area contributed by atoms with Crippen LogP contribution in [0.4, 0.5) is 0 Å². The molecule has 0 aliphatic carbocycles. The molecule has 4 aromatic rings. The largest absolute Gasteiger partial charge is 0.497 e. The minimum Gasteiger partial charge on any atom is -0.497 e. The molecule has 5 nitrogen and oxygen atoms in total. The van der Waals surface area contributed by atoms with Crippen LogP contribution in [0.25, 0.3) is 10.2 Å². The smallest absolute Gasteiger partial charge is 0.231 e. The number of aromatic nitrogens is 1. The van der Waals surface area contributed by atoms with E-state index in [0.717, 1.165) is 59.0 Å². The summed E-state index contributed by atoms with van der Waals surface area (Å²) in [6.07, 6.45) is 2.47. The van der Waals surface area contributed by atoms with E-state index in [1.807, 2.05) is 48.5 Å². The third kappa shape index (κ3) is 5.45. The molecular weight excluding hydrogens is 466 g/mol. The van der Waals surface area contributed by atoms with Crippen molar-refractivity contribution in [2.45, 2.75) is 44.2 Å². The predicted molar refractivity (Wildman–Crippen MR) is 147 cm³/mol. The summed E-state index contributed by atoms with van der Waals surface area (Å²) in [5, 5.41) is 4.40. The van der Waals surface area contributed by atoms with Crippen molar-refractivity contribution < 1.29 is 9.53 Å². The lowest BCUT2D eigenvalue weighted by Gasteiger charge is -2.35. The van der Waals surface area contributed by atoms with Crippen LogP contribution in [-0.2, 0) is 23.2 Å². The summed E-state index contributed by atoms with van der Waals surface area (Å²) in [6.45, 7) is 4.88. The van der Waals surface area contributed by atoms with E-state index < -0.39 is 5.41 Å². The van der Waals surface area contributed by atoms with Gasteiger partial charge in [-0.2, -0.15) is 0 Å². The molecule has 0 radical (unpaired) electrons. The zero-order chi connectivity index (χ0) is 25.0. The molecule has 1 aliphatic heterocycles. The molecule has 1 amide bonds. The standard InChI is InChI=1S/C30H33N3O2S/c1-30(23-10-4-3-5-11-23,20-28-32-26-13-6-7-14-27(26)36-28)29(34)31-24-15-17-33(18-16-24)21-22-9-8-12-25(19-22)35-2/h3-14,19,24H,15-18,20-21H2,1-2H3,(H,31,34). The first-order chi connectivity index (χ1) is 17.5. The molecule has 0 bridgehead atoms. The minimum absolute atomic E-state index is 0.0826. The number of rotatable bonds is 8. The van der Waals surface area contributed by atoms with Crippen LogP contribution in [0.15, 0.2) is 78.9 Å². The lowest BCUT2D eigenvalue weighted by Crippen LogP contribution is -2.51. The third-order valence-corrected chi connectivity index (χ3v) is 8.25. The first-order valence-electron chi connectivity index (χ1n) is 12.6. The Morgan fingerprint density at radius 2 is 1.81 bits per heavy atom. The van der Waals surface area contributed by atoms with E-state index in [9.17, 15) is 4.79 Å². The number of carbonyl (C=O) groups is 1. The van der Waals surface area contributed by atoms with Crippen molar-refractivity contribution in [1.29, 1.82) is 0 Å². The highest BCUT2D eigenvalue weighted by Gasteiger charge is 2.38. The van der Waals surface area contributed by atoms with Gasteiger partial charge in [0, 0.05) is 32.1 Å². The number of para-hydroxylation sites is 1. The number of ether oxygens (including phenoxy) is 1. The fourth-order valence-corrected chi connectivity index (χ4v) is 6.15.